The van der Waals surface area contributed by atoms with E-state index in [-0.39, 0.29) is 18.8 Å². The summed E-state index contributed by atoms with van der Waals surface area (Å²) in [6.45, 7) is 4.68. The molecule has 0 radical (unpaired) electrons. The van der Waals surface area contributed by atoms with E-state index in [1.54, 1.807) is 0 Å². The molecule has 0 spiro atoms. The second-order valence-electron chi connectivity index (χ2n) is 8.57. The predicted octanol–water partition coefficient (Wildman–Crippen LogP) is -0.320. The van der Waals surface area contributed by atoms with Crippen molar-refractivity contribution in [1.29, 1.82) is 0 Å². The Morgan fingerprint density at radius 2 is 1.78 bits per heavy atom. The second kappa shape index (κ2) is 8.54. The van der Waals surface area contributed by atoms with Crippen LogP contribution in [0.25, 0.3) is 0 Å². The van der Waals surface area contributed by atoms with Gasteiger partial charge < -0.3 is 40.1 Å². The Labute approximate surface area is 184 Å². The van der Waals surface area contributed by atoms with E-state index in [1.165, 1.54) is 0 Å². The molecule has 2 bridgehead atoms. The summed E-state index contributed by atoms with van der Waals surface area (Å²) in [5, 5.41) is 61.1. The molecule has 2 fully saturated rings. The smallest absolute Gasteiger partial charge is 0.342 e. The molecular formula is C22H28O10. The first-order valence-corrected chi connectivity index (χ1v) is 10.2. The standard InChI is InChI=1S/C22H28O10/c1-12(15(23)13(2)10-14-6-4-3-5-7-14)8-9-21-16(24)17(25)22(32-21,19(28)29)20(30,11-31-21)18(26)27/h3-7,13,15-17,23-25,30H,1,8-11H2,2H3,(H,26,27)(H,28,29). The van der Waals surface area contributed by atoms with E-state index >= 15 is 0 Å². The van der Waals surface area contributed by atoms with Crippen LogP contribution in [0.1, 0.15) is 25.3 Å². The Morgan fingerprint density at radius 1 is 1.16 bits per heavy atom. The number of aliphatic hydroxyl groups is 4. The van der Waals surface area contributed by atoms with Crippen LogP contribution >= 0.6 is 0 Å². The van der Waals surface area contributed by atoms with Crippen LogP contribution in [0.4, 0.5) is 0 Å². The lowest BCUT2D eigenvalue weighted by Crippen LogP contribution is -2.73. The van der Waals surface area contributed by atoms with Crippen LogP contribution in [0.3, 0.4) is 0 Å². The summed E-state index contributed by atoms with van der Waals surface area (Å²) in [7, 11) is 0. The van der Waals surface area contributed by atoms with Gasteiger partial charge in [-0.15, -0.1) is 0 Å². The van der Waals surface area contributed by atoms with E-state index < -0.39 is 53.8 Å². The average molecular weight is 452 g/mol. The molecule has 2 heterocycles. The molecule has 6 N–H and O–H groups in total. The van der Waals surface area contributed by atoms with Crippen molar-refractivity contribution in [2.45, 2.75) is 61.5 Å². The summed E-state index contributed by atoms with van der Waals surface area (Å²) in [5.41, 5.74) is -4.77. The van der Waals surface area contributed by atoms with Gasteiger partial charge in [-0.3, -0.25) is 0 Å². The van der Waals surface area contributed by atoms with E-state index in [1.807, 2.05) is 37.3 Å². The molecule has 0 saturated carbocycles. The van der Waals surface area contributed by atoms with Gasteiger partial charge in [0, 0.05) is 6.42 Å². The van der Waals surface area contributed by atoms with Crippen LogP contribution in [-0.4, -0.2) is 84.5 Å². The normalized spacial score (nSPS) is 35.8. The van der Waals surface area contributed by atoms with Crippen molar-refractivity contribution in [3.8, 4) is 0 Å². The lowest BCUT2D eigenvalue weighted by molar-refractivity contribution is -0.354. The van der Waals surface area contributed by atoms with E-state index in [0.717, 1.165) is 5.56 Å². The number of hydrogen-bond acceptors (Lipinski definition) is 8. The van der Waals surface area contributed by atoms with Crippen LogP contribution in [0.5, 0.6) is 0 Å². The second-order valence-corrected chi connectivity index (χ2v) is 8.57. The van der Waals surface area contributed by atoms with Crippen molar-refractivity contribution in [1.82, 2.24) is 0 Å². The summed E-state index contributed by atoms with van der Waals surface area (Å²) in [6.07, 6.45) is -4.81. The Kier molecular flexibility index (Phi) is 6.49. The first kappa shape index (κ1) is 24.3. The first-order chi connectivity index (χ1) is 14.9. The highest BCUT2D eigenvalue weighted by molar-refractivity contribution is 5.92. The first-order valence-electron chi connectivity index (χ1n) is 10.2. The van der Waals surface area contributed by atoms with Gasteiger partial charge in [0.05, 0.1) is 12.7 Å². The molecule has 7 unspecified atom stereocenters. The maximum Gasteiger partial charge on any atom is 0.342 e. The predicted molar refractivity (Wildman–Crippen MR) is 108 cm³/mol. The largest absolute Gasteiger partial charge is 0.479 e. The average Bonchev–Trinajstić information content (AvgIpc) is 2.96. The Balaban J connectivity index is 1.74. The number of carboxylic acid groups (broad SMARTS) is 2. The van der Waals surface area contributed by atoms with Gasteiger partial charge in [0.25, 0.3) is 0 Å². The van der Waals surface area contributed by atoms with Gasteiger partial charge in [0.15, 0.2) is 5.79 Å². The minimum atomic E-state index is -3.13. The third-order valence-electron chi connectivity index (χ3n) is 6.46. The molecule has 2 saturated heterocycles. The molecule has 0 aliphatic carbocycles. The third-order valence-corrected chi connectivity index (χ3v) is 6.46. The molecule has 1 aromatic rings. The molecule has 0 amide bonds. The minimum Gasteiger partial charge on any atom is -0.479 e. The highest BCUT2D eigenvalue weighted by Gasteiger charge is 2.80. The van der Waals surface area contributed by atoms with Crippen molar-refractivity contribution >= 4 is 11.9 Å². The SMILES string of the molecule is C=C(CCC12OCC(O)(C(=O)O)C(C(=O)O)(O1)C(O)C2O)C(O)C(C)Cc1ccccc1. The van der Waals surface area contributed by atoms with Crippen molar-refractivity contribution in [2.75, 3.05) is 6.61 Å². The fourth-order valence-electron chi connectivity index (χ4n) is 4.46. The topological polar surface area (TPSA) is 174 Å². The molecule has 1 aromatic carbocycles. The van der Waals surface area contributed by atoms with Crippen molar-refractivity contribution in [2.24, 2.45) is 5.92 Å². The summed E-state index contributed by atoms with van der Waals surface area (Å²) in [4.78, 5) is 23.5. The fourth-order valence-corrected chi connectivity index (χ4v) is 4.46. The molecular weight excluding hydrogens is 424 g/mol. The summed E-state index contributed by atoms with van der Waals surface area (Å²) >= 11 is 0. The molecule has 10 nitrogen and oxygen atoms in total. The fraction of sp³-hybridized carbons (Fsp3) is 0.545. The van der Waals surface area contributed by atoms with E-state index in [0.29, 0.717) is 12.0 Å². The van der Waals surface area contributed by atoms with E-state index in [9.17, 15) is 40.2 Å². The van der Waals surface area contributed by atoms with Gasteiger partial charge in [0.1, 0.15) is 12.2 Å². The van der Waals surface area contributed by atoms with Crippen LogP contribution in [-0.2, 0) is 25.5 Å². The van der Waals surface area contributed by atoms with Gasteiger partial charge >= 0.3 is 11.9 Å². The van der Waals surface area contributed by atoms with Crippen molar-refractivity contribution in [3.05, 3.63) is 48.0 Å². The molecule has 7 atom stereocenters. The lowest BCUT2D eigenvalue weighted by Gasteiger charge is -2.45. The van der Waals surface area contributed by atoms with Crippen LogP contribution in [0.2, 0.25) is 0 Å². The number of rotatable bonds is 9. The van der Waals surface area contributed by atoms with Gasteiger partial charge in [-0.1, -0.05) is 43.8 Å². The maximum atomic E-state index is 11.9. The number of aliphatic carboxylic acids is 2. The zero-order valence-electron chi connectivity index (χ0n) is 17.5. The highest BCUT2D eigenvalue weighted by Crippen LogP contribution is 2.52. The molecule has 0 aromatic heterocycles. The number of aliphatic hydroxyl groups excluding tert-OH is 3. The van der Waals surface area contributed by atoms with Gasteiger partial charge in [-0.05, 0) is 29.9 Å². The zero-order valence-corrected chi connectivity index (χ0v) is 17.5. The van der Waals surface area contributed by atoms with Gasteiger partial charge in [0.2, 0.25) is 11.2 Å². The zero-order chi connectivity index (χ0) is 23.9. The summed E-state index contributed by atoms with van der Waals surface area (Å²) in [5.74, 6) is -6.22. The number of carbonyl (C=O) groups is 2. The number of benzene rings is 1. The third kappa shape index (κ3) is 3.62. The summed E-state index contributed by atoms with van der Waals surface area (Å²) < 4.78 is 10.7. The molecule has 32 heavy (non-hydrogen) atoms. The highest BCUT2D eigenvalue weighted by atomic mass is 16.8. The summed E-state index contributed by atoms with van der Waals surface area (Å²) in [6, 6.07) is 9.52. The van der Waals surface area contributed by atoms with Crippen molar-refractivity contribution in [3.63, 3.8) is 0 Å². The van der Waals surface area contributed by atoms with Crippen LogP contribution < -0.4 is 0 Å². The monoisotopic (exact) mass is 452 g/mol. The number of fused-ring (bicyclic) bond motifs is 2. The Morgan fingerprint density at radius 3 is 2.34 bits per heavy atom. The van der Waals surface area contributed by atoms with E-state index in [4.69, 9.17) is 9.47 Å². The van der Waals surface area contributed by atoms with Crippen LogP contribution in [0, 0.1) is 5.92 Å². The van der Waals surface area contributed by atoms with E-state index in [2.05, 4.69) is 6.58 Å². The molecule has 176 valence electrons. The minimum absolute atomic E-state index is 0.0191. The molecule has 3 rings (SSSR count). The number of hydrogen-bond donors (Lipinski definition) is 6. The molecule has 10 heteroatoms. The van der Waals surface area contributed by atoms with Crippen LogP contribution in [0.15, 0.2) is 42.5 Å². The lowest BCUT2D eigenvalue weighted by atomic mass is 9.78. The Hall–Kier alpha value is -2.34. The van der Waals surface area contributed by atoms with Gasteiger partial charge in [-0.25, -0.2) is 9.59 Å². The number of carboxylic acids is 2. The Bertz CT molecular complexity index is 888. The van der Waals surface area contributed by atoms with Crippen molar-refractivity contribution < 1.29 is 49.7 Å². The van der Waals surface area contributed by atoms with Gasteiger partial charge in [-0.2, -0.15) is 0 Å². The maximum absolute atomic E-state index is 11.9. The molecule has 2 aliphatic rings. The molecule has 2 aliphatic heterocycles. The number of ether oxygens (including phenoxy) is 2. The quantitative estimate of drug-likeness (QED) is 0.273.